The predicted octanol–water partition coefficient (Wildman–Crippen LogP) is 1.16. The fraction of sp³-hybridized carbons (Fsp3) is 0.700. The van der Waals surface area contributed by atoms with Gasteiger partial charge in [0.25, 0.3) is 0 Å². The van der Waals surface area contributed by atoms with E-state index >= 15 is 0 Å². The van der Waals surface area contributed by atoms with E-state index in [1.165, 1.54) is 4.68 Å². The van der Waals surface area contributed by atoms with Crippen LogP contribution in [0, 0.1) is 17.0 Å². The maximum absolute atomic E-state index is 10.8. The number of aromatic nitrogens is 2. The Bertz CT molecular complexity index is 443. The molecule has 1 aromatic rings. The number of nitrogens with zero attached hydrogens (tertiary/aromatic N) is 3. The summed E-state index contributed by atoms with van der Waals surface area (Å²) in [4.78, 5) is 10.3. The van der Waals surface area contributed by atoms with Gasteiger partial charge in [0.05, 0.1) is 17.1 Å². The molecule has 7 heteroatoms. The fourth-order valence-electron chi connectivity index (χ4n) is 2.41. The quantitative estimate of drug-likeness (QED) is 0.595. The molecule has 0 amide bonds. The van der Waals surface area contributed by atoms with Crippen LogP contribution in [0.5, 0.6) is 0 Å². The SMILES string of the molecule is Cc1nn(C2CCCCC2O)c(N)c1[N+](=O)[O-]. The van der Waals surface area contributed by atoms with Crippen LogP contribution in [-0.2, 0) is 0 Å². The van der Waals surface area contributed by atoms with Crippen LogP contribution in [0.2, 0.25) is 0 Å². The van der Waals surface area contributed by atoms with Crippen LogP contribution >= 0.6 is 0 Å². The molecule has 3 N–H and O–H groups in total. The minimum absolute atomic E-state index is 0.0402. The molecule has 17 heavy (non-hydrogen) atoms. The van der Waals surface area contributed by atoms with E-state index in [9.17, 15) is 15.2 Å². The van der Waals surface area contributed by atoms with Crippen molar-refractivity contribution in [2.24, 2.45) is 0 Å². The van der Waals surface area contributed by atoms with Crippen molar-refractivity contribution in [3.05, 3.63) is 15.8 Å². The molecule has 0 spiro atoms. The van der Waals surface area contributed by atoms with Gasteiger partial charge in [-0.2, -0.15) is 5.10 Å². The highest BCUT2D eigenvalue weighted by molar-refractivity contribution is 5.56. The van der Waals surface area contributed by atoms with Crippen LogP contribution in [-0.4, -0.2) is 25.9 Å². The van der Waals surface area contributed by atoms with E-state index in [0.29, 0.717) is 12.1 Å². The Labute approximate surface area is 98.4 Å². The Morgan fingerprint density at radius 2 is 2.18 bits per heavy atom. The summed E-state index contributed by atoms with van der Waals surface area (Å²) in [5, 5.41) is 24.8. The van der Waals surface area contributed by atoms with Crippen molar-refractivity contribution in [2.45, 2.75) is 44.8 Å². The number of aryl methyl sites for hydroxylation is 1. The lowest BCUT2D eigenvalue weighted by atomic mass is 9.93. The zero-order valence-electron chi connectivity index (χ0n) is 9.67. The van der Waals surface area contributed by atoms with E-state index in [2.05, 4.69) is 5.10 Å². The van der Waals surface area contributed by atoms with Gasteiger partial charge in [0.1, 0.15) is 5.69 Å². The zero-order chi connectivity index (χ0) is 12.6. The number of nitrogens with two attached hydrogens (primary N) is 1. The van der Waals surface area contributed by atoms with Crippen LogP contribution in [0.15, 0.2) is 0 Å². The minimum Gasteiger partial charge on any atom is -0.391 e. The predicted molar refractivity (Wildman–Crippen MR) is 61.5 cm³/mol. The lowest BCUT2D eigenvalue weighted by Gasteiger charge is -2.28. The minimum atomic E-state index is -0.524. The van der Waals surface area contributed by atoms with Gasteiger partial charge in [-0.15, -0.1) is 0 Å². The molecular formula is C10H16N4O3. The molecule has 7 nitrogen and oxygen atoms in total. The summed E-state index contributed by atoms with van der Waals surface area (Å²) in [6, 6.07) is -0.240. The third kappa shape index (κ3) is 1.97. The van der Waals surface area contributed by atoms with E-state index in [1.54, 1.807) is 6.92 Å². The zero-order valence-corrected chi connectivity index (χ0v) is 9.67. The summed E-state index contributed by atoms with van der Waals surface area (Å²) in [6.45, 7) is 1.56. The molecule has 0 saturated heterocycles. The van der Waals surface area contributed by atoms with Crippen molar-refractivity contribution in [1.29, 1.82) is 0 Å². The summed E-state index contributed by atoms with van der Waals surface area (Å²) >= 11 is 0. The average molecular weight is 240 g/mol. The second-order valence-electron chi connectivity index (χ2n) is 4.44. The van der Waals surface area contributed by atoms with Crippen LogP contribution < -0.4 is 5.73 Å². The molecule has 2 rings (SSSR count). The topological polar surface area (TPSA) is 107 Å². The smallest absolute Gasteiger partial charge is 0.333 e. The molecule has 94 valence electrons. The number of rotatable bonds is 2. The molecule has 2 atom stereocenters. The molecule has 0 bridgehead atoms. The molecule has 1 aliphatic carbocycles. The van der Waals surface area contributed by atoms with E-state index < -0.39 is 11.0 Å². The van der Waals surface area contributed by atoms with Crippen LogP contribution in [0.4, 0.5) is 11.5 Å². The Balaban J connectivity index is 2.39. The maximum Gasteiger partial charge on any atom is 0.333 e. The van der Waals surface area contributed by atoms with E-state index in [1.807, 2.05) is 0 Å². The molecule has 1 fully saturated rings. The third-order valence-corrected chi connectivity index (χ3v) is 3.28. The second-order valence-corrected chi connectivity index (χ2v) is 4.44. The Morgan fingerprint density at radius 3 is 2.71 bits per heavy atom. The van der Waals surface area contributed by atoms with Gasteiger partial charge in [0, 0.05) is 0 Å². The Morgan fingerprint density at radius 1 is 1.53 bits per heavy atom. The van der Waals surface area contributed by atoms with Gasteiger partial charge < -0.3 is 10.8 Å². The van der Waals surface area contributed by atoms with Gasteiger partial charge in [0.2, 0.25) is 5.82 Å². The third-order valence-electron chi connectivity index (χ3n) is 3.28. The van der Waals surface area contributed by atoms with Crippen molar-refractivity contribution in [2.75, 3.05) is 5.73 Å². The van der Waals surface area contributed by atoms with Crippen molar-refractivity contribution < 1.29 is 10.0 Å². The molecule has 1 saturated carbocycles. The molecule has 1 heterocycles. The number of nitro groups is 1. The number of nitrogen functional groups attached to an aromatic ring is 1. The van der Waals surface area contributed by atoms with Crippen molar-refractivity contribution in [3.8, 4) is 0 Å². The molecule has 0 radical (unpaired) electrons. The van der Waals surface area contributed by atoms with Gasteiger partial charge >= 0.3 is 5.69 Å². The molecule has 0 aliphatic heterocycles. The van der Waals surface area contributed by atoms with Crippen molar-refractivity contribution >= 4 is 11.5 Å². The number of aliphatic hydroxyl groups excluding tert-OH is 1. The Hall–Kier alpha value is -1.63. The van der Waals surface area contributed by atoms with Gasteiger partial charge in [-0.25, -0.2) is 4.68 Å². The van der Waals surface area contributed by atoms with Crippen molar-refractivity contribution in [3.63, 3.8) is 0 Å². The van der Waals surface area contributed by atoms with Gasteiger partial charge in [0.15, 0.2) is 0 Å². The largest absolute Gasteiger partial charge is 0.391 e. The summed E-state index contributed by atoms with van der Waals surface area (Å²) in [7, 11) is 0. The Kier molecular flexibility index (Phi) is 3.01. The first-order valence-electron chi connectivity index (χ1n) is 5.69. The van der Waals surface area contributed by atoms with Crippen LogP contribution in [0.3, 0.4) is 0 Å². The number of hydrogen-bond acceptors (Lipinski definition) is 5. The molecule has 2 unspecified atom stereocenters. The second kappa shape index (κ2) is 4.33. The number of anilines is 1. The molecule has 0 aromatic carbocycles. The molecule has 1 aromatic heterocycles. The highest BCUT2D eigenvalue weighted by atomic mass is 16.6. The van der Waals surface area contributed by atoms with Gasteiger partial charge in [-0.05, 0) is 19.8 Å². The number of aliphatic hydroxyl groups is 1. The normalized spacial score (nSPS) is 24.8. The van der Waals surface area contributed by atoms with Gasteiger partial charge in [-0.1, -0.05) is 12.8 Å². The molecule has 1 aliphatic rings. The summed E-state index contributed by atoms with van der Waals surface area (Å²) in [6.07, 6.45) is 2.87. The average Bonchev–Trinajstić information content (AvgIpc) is 2.55. The van der Waals surface area contributed by atoms with Crippen LogP contribution in [0.1, 0.15) is 37.4 Å². The van der Waals surface area contributed by atoms with E-state index in [-0.39, 0.29) is 17.5 Å². The number of hydrogen-bond donors (Lipinski definition) is 2. The first-order valence-corrected chi connectivity index (χ1v) is 5.69. The first kappa shape index (κ1) is 11.8. The van der Waals surface area contributed by atoms with Crippen molar-refractivity contribution in [1.82, 2.24) is 9.78 Å². The summed E-state index contributed by atoms with van der Waals surface area (Å²) in [5.41, 5.74) is 5.89. The fourth-order valence-corrected chi connectivity index (χ4v) is 2.41. The maximum atomic E-state index is 10.8. The molecular weight excluding hydrogens is 224 g/mol. The van der Waals surface area contributed by atoms with Gasteiger partial charge in [-0.3, -0.25) is 10.1 Å². The summed E-state index contributed by atoms with van der Waals surface area (Å²) in [5.74, 6) is 0.0402. The monoisotopic (exact) mass is 240 g/mol. The lowest BCUT2D eigenvalue weighted by molar-refractivity contribution is -0.384. The highest BCUT2D eigenvalue weighted by Crippen LogP contribution is 2.34. The standard InChI is InChI=1S/C10H16N4O3/c1-6-9(14(16)17)10(11)13(12-6)7-4-2-3-5-8(7)15/h7-8,15H,2-5,11H2,1H3. The first-order chi connectivity index (χ1) is 8.02. The van der Waals surface area contributed by atoms with E-state index in [4.69, 9.17) is 5.73 Å². The highest BCUT2D eigenvalue weighted by Gasteiger charge is 2.31. The van der Waals surface area contributed by atoms with E-state index in [0.717, 1.165) is 19.3 Å². The summed E-state index contributed by atoms with van der Waals surface area (Å²) < 4.78 is 1.41. The van der Waals surface area contributed by atoms with Crippen LogP contribution in [0.25, 0.3) is 0 Å². The lowest BCUT2D eigenvalue weighted by Crippen LogP contribution is -2.29.